The molecular formula is C10H14N4O2. The van der Waals surface area contributed by atoms with Gasteiger partial charge in [-0.3, -0.25) is 10.1 Å². The third kappa shape index (κ3) is 2.38. The van der Waals surface area contributed by atoms with Crippen LogP contribution in [-0.2, 0) is 4.79 Å². The first-order chi connectivity index (χ1) is 7.81. The van der Waals surface area contributed by atoms with Gasteiger partial charge in [0.15, 0.2) is 0 Å². The van der Waals surface area contributed by atoms with Crippen molar-refractivity contribution in [1.29, 1.82) is 0 Å². The zero-order valence-electron chi connectivity index (χ0n) is 8.90. The third-order valence-electron chi connectivity index (χ3n) is 2.74. The van der Waals surface area contributed by atoms with Crippen LogP contribution >= 0.6 is 0 Å². The smallest absolute Gasteiger partial charge is 0.322 e. The van der Waals surface area contributed by atoms with Gasteiger partial charge in [0.25, 0.3) is 0 Å². The first-order valence-corrected chi connectivity index (χ1v) is 5.68. The van der Waals surface area contributed by atoms with Crippen molar-refractivity contribution in [2.24, 2.45) is 0 Å². The molecule has 0 aromatic carbocycles. The number of hydrogen-bond acceptors (Lipinski definition) is 5. The Hall–Kier alpha value is -1.43. The van der Waals surface area contributed by atoms with E-state index in [4.69, 9.17) is 4.42 Å². The molecule has 0 radical (unpaired) electrons. The van der Waals surface area contributed by atoms with E-state index >= 15 is 0 Å². The number of anilines is 1. The SMILES string of the molecule is O=C(CNC1CC1)Nc1nnc(C2CC2)o1. The minimum absolute atomic E-state index is 0.127. The van der Waals surface area contributed by atoms with E-state index in [2.05, 4.69) is 20.8 Å². The second-order valence-electron chi connectivity index (χ2n) is 4.42. The van der Waals surface area contributed by atoms with Crippen molar-refractivity contribution in [3.63, 3.8) is 0 Å². The fraction of sp³-hybridized carbons (Fsp3) is 0.700. The van der Waals surface area contributed by atoms with Gasteiger partial charge in [-0.2, -0.15) is 0 Å². The van der Waals surface area contributed by atoms with Crippen molar-refractivity contribution < 1.29 is 9.21 Å². The van der Waals surface area contributed by atoms with Crippen LogP contribution in [-0.4, -0.2) is 28.7 Å². The summed E-state index contributed by atoms with van der Waals surface area (Å²) in [7, 11) is 0. The molecule has 1 amide bonds. The first kappa shape index (κ1) is 9.77. The van der Waals surface area contributed by atoms with Gasteiger partial charge in [0.05, 0.1) is 6.54 Å². The van der Waals surface area contributed by atoms with Crippen molar-refractivity contribution in [2.75, 3.05) is 11.9 Å². The Morgan fingerprint density at radius 2 is 2.12 bits per heavy atom. The lowest BCUT2D eigenvalue weighted by molar-refractivity contribution is -0.115. The lowest BCUT2D eigenvalue weighted by atomic mass is 10.4. The molecule has 1 heterocycles. The minimum atomic E-state index is -0.127. The maximum Gasteiger partial charge on any atom is 0.322 e. The summed E-state index contributed by atoms with van der Waals surface area (Å²) in [6.07, 6.45) is 4.55. The van der Waals surface area contributed by atoms with E-state index < -0.39 is 0 Å². The normalized spacial score (nSPS) is 19.8. The monoisotopic (exact) mass is 222 g/mol. The van der Waals surface area contributed by atoms with E-state index in [0.29, 0.717) is 24.4 Å². The van der Waals surface area contributed by atoms with Crippen LogP contribution in [0.2, 0.25) is 0 Å². The molecule has 6 nitrogen and oxygen atoms in total. The Bertz CT molecular complexity index is 395. The van der Waals surface area contributed by atoms with Crippen molar-refractivity contribution in [1.82, 2.24) is 15.5 Å². The lowest BCUT2D eigenvalue weighted by Gasteiger charge is -2.00. The van der Waals surface area contributed by atoms with Gasteiger partial charge < -0.3 is 9.73 Å². The van der Waals surface area contributed by atoms with Crippen LogP contribution < -0.4 is 10.6 Å². The van der Waals surface area contributed by atoms with Gasteiger partial charge in [-0.15, -0.1) is 5.10 Å². The number of hydrogen-bond donors (Lipinski definition) is 2. The standard InChI is InChI=1S/C10H14N4O2/c15-8(5-11-7-3-4-7)12-10-14-13-9(16-10)6-1-2-6/h6-7,11H,1-5H2,(H,12,14,15). The molecule has 0 atom stereocenters. The van der Waals surface area contributed by atoms with E-state index in [1.54, 1.807) is 0 Å². The summed E-state index contributed by atoms with van der Waals surface area (Å²) in [5, 5.41) is 13.4. The lowest BCUT2D eigenvalue weighted by Crippen LogP contribution is -2.29. The molecule has 0 bridgehead atoms. The fourth-order valence-corrected chi connectivity index (χ4v) is 1.47. The van der Waals surface area contributed by atoms with Crippen LogP contribution in [0.5, 0.6) is 0 Å². The van der Waals surface area contributed by atoms with Crippen molar-refractivity contribution >= 4 is 11.9 Å². The minimum Gasteiger partial charge on any atom is -0.408 e. The molecule has 0 aliphatic heterocycles. The molecule has 16 heavy (non-hydrogen) atoms. The Morgan fingerprint density at radius 1 is 1.31 bits per heavy atom. The molecule has 3 rings (SSSR count). The summed E-state index contributed by atoms with van der Waals surface area (Å²) >= 11 is 0. The number of carbonyl (C=O) groups excluding carboxylic acids is 1. The summed E-state index contributed by atoms with van der Waals surface area (Å²) < 4.78 is 5.32. The van der Waals surface area contributed by atoms with Crippen LogP contribution in [0.1, 0.15) is 37.5 Å². The van der Waals surface area contributed by atoms with Crippen LogP contribution in [0.15, 0.2) is 4.42 Å². The average Bonchev–Trinajstić information content (AvgIpc) is 3.17. The van der Waals surface area contributed by atoms with Crippen LogP contribution in [0.4, 0.5) is 6.01 Å². The molecule has 2 aliphatic rings. The van der Waals surface area contributed by atoms with Crippen molar-refractivity contribution in [2.45, 2.75) is 37.6 Å². The van der Waals surface area contributed by atoms with E-state index in [-0.39, 0.29) is 11.9 Å². The summed E-state index contributed by atoms with van der Waals surface area (Å²) in [6.45, 7) is 0.311. The molecule has 0 saturated heterocycles. The highest BCUT2D eigenvalue weighted by Crippen LogP contribution is 2.39. The molecule has 1 aromatic rings. The van der Waals surface area contributed by atoms with Crippen molar-refractivity contribution in [3.8, 4) is 0 Å². The zero-order chi connectivity index (χ0) is 11.0. The fourth-order valence-electron chi connectivity index (χ4n) is 1.47. The van der Waals surface area contributed by atoms with Crippen LogP contribution in [0, 0.1) is 0 Å². The van der Waals surface area contributed by atoms with Gasteiger partial charge in [-0.25, -0.2) is 0 Å². The summed E-state index contributed by atoms with van der Waals surface area (Å²) in [4.78, 5) is 11.4. The quantitative estimate of drug-likeness (QED) is 0.764. The number of nitrogens with zero attached hydrogens (tertiary/aromatic N) is 2. The molecule has 2 saturated carbocycles. The van der Waals surface area contributed by atoms with Gasteiger partial charge in [0.2, 0.25) is 11.8 Å². The predicted octanol–water partition coefficient (Wildman–Crippen LogP) is 0.637. The molecule has 2 aliphatic carbocycles. The largest absolute Gasteiger partial charge is 0.408 e. The van der Waals surface area contributed by atoms with Gasteiger partial charge in [-0.1, -0.05) is 5.10 Å². The maximum absolute atomic E-state index is 11.4. The van der Waals surface area contributed by atoms with Crippen molar-refractivity contribution in [3.05, 3.63) is 5.89 Å². The van der Waals surface area contributed by atoms with Gasteiger partial charge in [-0.05, 0) is 25.7 Å². The summed E-state index contributed by atoms with van der Waals surface area (Å²) in [5.74, 6) is 0.936. The van der Waals surface area contributed by atoms with Gasteiger partial charge >= 0.3 is 6.01 Å². The first-order valence-electron chi connectivity index (χ1n) is 5.68. The van der Waals surface area contributed by atoms with E-state index in [0.717, 1.165) is 12.8 Å². The van der Waals surface area contributed by atoms with Crippen LogP contribution in [0.3, 0.4) is 0 Å². The van der Waals surface area contributed by atoms with Gasteiger partial charge in [0.1, 0.15) is 0 Å². The molecule has 2 fully saturated rings. The highest BCUT2D eigenvalue weighted by Gasteiger charge is 2.29. The third-order valence-corrected chi connectivity index (χ3v) is 2.74. The Balaban J connectivity index is 1.49. The molecule has 0 unspecified atom stereocenters. The number of aromatic nitrogens is 2. The van der Waals surface area contributed by atoms with Crippen LogP contribution in [0.25, 0.3) is 0 Å². The molecule has 86 valence electrons. The average molecular weight is 222 g/mol. The maximum atomic E-state index is 11.4. The second kappa shape index (κ2) is 3.86. The molecule has 2 N–H and O–H groups in total. The zero-order valence-corrected chi connectivity index (χ0v) is 8.90. The predicted molar refractivity (Wildman–Crippen MR) is 55.9 cm³/mol. The summed E-state index contributed by atoms with van der Waals surface area (Å²) in [6, 6.07) is 0.736. The molecular weight excluding hydrogens is 208 g/mol. The number of rotatable bonds is 5. The highest BCUT2D eigenvalue weighted by atomic mass is 16.4. The number of nitrogens with one attached hydrogen (secondary N) is 2. The Morgan fingerprint density at radius 3 is 2.81 bits per heavy atom. The molecule has 0 spiro atoms. The highest BCUT2D eigenvalue weighted by molar-refractivity contribution is 5.90. The molecule has 6 heteroatoms. The van der Waals surface area contributed by atoms with E-state index in [1.807, 2.05) is 0 Å². The van der Waals surface area contributed by atoms with E-state index in [1.165, 1.54) is 12.8 Å². The number of carbonyl (C=O) groups is 1. The Kier molecular flexibility index (Phi) is 2.36. The second-order valence-corrected chi connectivity index (χ2v) is 4.42. The topological polar surface area (TPSA) is 80.0 Å². The van der Waals surface area contributed by atoms with E-state index in [9.17, 15) is 4.79 Å². The van der Waals surface area contributed by atoms with Gasteiger partial charge in [0, 0.05) is 12.0 Å². The number of amides is 1. The Labute approximate surface area is 92.8 Å². The molecule has 1 aromatic heterocycles. The summed E-state index contributed by atoms with van der Waals surface area (Å²) in [5.41, 5.74) is 0.